The van der Waals surface area contributed by atoms with Crippen LogP contribution >= 0.6 is 34.5 Å². The summed E-state index contributed by atoms with van der Waals surface area (Å²) in [6, 6.07) is 8.92. The summed E-state index contributed by atoms with van der Waals surface area (Å²) in [6.45, 7) is 1.82. The summed E-state index contributed by atoms with van der Waals surface area (Å²) >= 11 is 13.5. The molecule has 4 rings (SSSR count). The van der Waals surface area contributed by atoms with Crippen LogP contribution in [-0.4, -0.2) is 28.9 Å². The van der Waals surface area contributed by atoms with E-state index in [0.29, 0.717) is 27.0 Å². The number of rotatable bonds is 4. The van der Waals surface area contributed by atoms with Crippen molar-refractivity contribution in [2.24, 2.45) is 0 Å². The van der Waals surface area contributed by atoms with Gasteiger partial charge in [-0.2, -0.15) is 0 Å². The van der Waals surface area contributed by atoms with E-state index in [-0.39, 0.29) is 16.4 Å². The number of nitrogens with zero attached hydrogens (tertiary/aromatic N) is 2. The van der Waals surface area contributed by atoms with Gasteiger partial charge in [0.2, 0.25) is 0 Å². The van der Waals surface area contributed by atoms with E-state index >= 15 is 0 Å². The number of hydrogen-bond donors (Lipinski definition) is 1. The van der Waals surface area contributed by atoms with Gasteiger partial charge in [0.25, 0.3) is 5.78 Å². The maximum atomic E-state index is 13.1. The van der Waals surface area contributed by atoms with Gasteiger partial charge in [-0.05, 0) is 48.4 Å². The molecule has 0 radical (unpaired) electrons. The smallest absolute Gasteiger partial charge is 0.301 e. The highest BCUT2D eigenvalue weighted by atomic mass is 35.5. The molecule has 9 heteroatoms. The van der Waals surface area contributed by atoms with Crippen molar-refractivity contribution >= 4 is 57.1 Å². The van der Waals surface area contributed by atoms with Crippen molar-refractivity contribution in [3.05, 3.63) is 80.3 Å². The molecule has 1 amide bonds. The van der Waals surface area contributed by atoms with Crippen molar-refractivity contribution in [3.63, 3.8) is 0 Å². The molecule has 6 nitrogen and oxygen atoms in total. The summed E-state index contributed by atoms with van der Waals surface area (Å²) in [7, 11) is 1.55. The van der Waals surface area contributed by atoms with Gasteiger partial charge < -0.3 is 9.84 Å². The van der Waals surface area contributed by atoms with Gasteiger partial charge in [0.15, 0.2) is 5.13 Å². The van der Waals surface area contributed by atoms with Gasteiger partial charge >= 0.3 is 5.91 Å². The van der Waals surface area contributed by atoms with E-state index in [1.807, 2.05) is 6.92 Å². The van der Waals surface area contributed by atoms with Crippen molar-refractivity contribution in [2.75, 3.05) is 12.0 Å². The Morgan fingerprint density at radius 1 is 1.16 bits per heavy atom. The first-order chi connectivity index (χ1) is 14.8. The van der Waals surface area contributed by atoms with Crippen LogP contribution in [0.3, 0.4) is 0 Å². The second kappa shape index (κ2) is 8.34. The Hall–Kier alpha value is -2.87. The fourth-order valence-electron chi connectivity index (χ4n) is 3.54. The van der Waals surface area contributed by atoms with Crippen LogP contribution < -0.4 is 9.64 Å². The number of thiazole rings is 1. The summed E-state index contributed by atoms with van der Waals surface area (Å²) in [5, 5.41) is 13.8. The Balaban J connectivity index is 1.94. The highest BCUT2D eigenvalue weighted by Gasteiger charge is 2.48. The first-order valence-corrected chi connectivity index (χ1v) is 10.8. The molecule has 2 aromatic carbocycles. The molecule has 1 atom stereocenters. The van der Waals surface area contributed by atoms with Crippen molar-refractivity contribution in [1.82, 2.24) is 4.98 Å². The van der Waals surface area contributed by atoms with E-state index < -0.39 is 17.7 Å². The number of carbonyl (C=O) groups excluding carboxylic acids is 2. The van der Waals surface area contributed by atoms with Crippen LogP contribution in [0.2, 0.25) is 10.0 Å². The summed E-state index contributed by atoms with van der Waals surface area (Å²) in [6.07, 6.45) is 1.54. The number of carbonyl (C=O) groups is 2. The number of benzene rings is 2. The summed E-state index contributed by atoms with van der Waals surface area (Å²) in [4.78, 5) is 31.5. The molecular weight excluding hydrogens is 459 g/mol. The number of halogens is 2. The predicted molar refractivity (Wildman–Crippen MR) is 121 cm³/mol. The van der Waals surface area contributed by atoms with Crippen molar-refractivity contribution in [2.45, 2.75) is 13.0 Å². The molecule has 0 aliphatic carbocycles. The third-order valence-electron chi connectivity index (χ3n) is 5.00. The highest BCUT2D eigenvalue weighted by molar-refractivity contribution is 7.14. The number of ketones is 1. The van der Waals surface area contributed by atoms with Gasteiger partial charge in [0.1, 0.15) is 11.5 Å². The molecule has 1 aliphatic heterocycles. The molecule has 0 spiro atoms. The Morgan fingerprint density at radius 3 is 2.55 bits per heavy atom. The third kappa shape index (κ3) is 3.69. The lowest BCUT2D eigenvalue weighted by molar-refractivity contribution is -0.132. The number of aliphatic hydroxyl groups excluding tert-OH is 1. The zero-order valence-electron chi connectivity index (χ0n) is 16.4. The van der Waals surface area contributed by atoms with Crippen LogP contribution in [-0.2, 0) is 9.59 Å². The molecular formula is C22H16Cl2N2O4S. The molecule has 1 N–H and O–H groups in total. The molecule has 3 aromatic rings. The summed E-state index contributed by atoms with van der Waals surface area (Å²) < 4.78 is 5.26. The second-order valence-electron chi connectivity index (χ2n) is 6.84. The zero-order valence-corrected chi connectivity index (χ0v) is 18.8. The number of methoxy groups -OCH3 is 1. The Morgan fingerprint density at radius 2 is 1.94 bits per heavy atom. The number of aromatic nitrogens is 1. The predicted octanol–water partition coefficient (Wildman–Crippen LogP) is 5.39. The minimum atomic E-state index is -0.914. The highest BCUT2D eigenvalue weighted by Crippen LogP contribution is 2.44. The van der Waals surface area contributed by atoms with Crippen LogP contribution in [0.25, 0.3) is 5.76 Å². The number of anilines is 1. The second-order valence-corrected chi connectivity index (χ2v) is 8.53. The largest absolute Gasteiger partial charge is 0.507 e. The standard InChI is InChI=1S/C22H16Cl2N2O4S/c1-11-9-13(4-6-16(11)30-2)19(27)17-18(12-3-5-14(23)15(24)10-12)26(21(29)20(17)28)22-25-7-8-31-22/h3-10,18,27H,1-2H3. The molecule has 1 fully saturated rings. The molecule has 1 aliphatic rings. The van der Waals surface area contributed by atoms with Gasteiger partial charge in [-0.1, -0.05) is 29.3 Å². The first kappa shape index (κ1) is 21.4. The molecule has 0 saturated carbocycles. The van der Waals surface area contributed by atoms with E-state index in [9.17, 15) is 14.7 Å². The number of aryl methyl sites for hydroxylation is 1. The van der Waals surface area contributed by atoms with Gasteiger partial charge in [0, 0.05) is 17.1 Å². The fourth-order valence-corrected chi connectivity index (χ4v) is 4.52. The number of Topliss-reactive ketones (excluding diaryl/α,β-unsaturated/α-hetero) is 1. The lowest BCUT2D eigenvalue weighted by atomic mass is 9.95. The van der Waals surface area contributed by atoms with Crippen molar-refractivity contribution in [3.8, 4) is 5.75 Å². The van der Waals surface area contributed by atoms with Crippen LogP contribution in [0.15, 0.2) is 53.5 Å². The monoisotopic (exact) mass is 474 g/mol. The Bertz CT molecular complexity index is 1220. The Labute approximate surface area is 192 Å². The number of amides is 1. The lowest BCUT2D eigenvalue weighted by Crippen LogP contribution is -2.29. The number of aliphatic hydroxyl groups is 1. The van der Waals surface area contributed by atoms with E-state index in [1.54, 1.807) is 48.9 Å². The van der Waals surface area contributed by atoms with E-state index in [0.717, 1.165) is 5.56 Å². The quantitative estimate of drug-likeness (QED) is 0.311. The summed E-state index contributed by atoms with van der Waals surface area (Å²) in [5.74, 6) is -1.24. The van der Waals surface area contributed by atoms with Crippen LogP contribution in [0.5, 0.6) is 5.75 Å². The Kier molecular flexibility index (Phi) is 5.75. The van der Waals surface area contributed by atoms with Gasteiger partial charge in [0.05, 0.1) is 28.8 Å². The third-order valence-corrected chi connectivity index (χ3v) is 6.51. The molecule has 1 saturated heterocycles. The van der Waals surface area contributed by atoms with Crippen molar-refractivity contribution in [1.29, 1.82) is 0 Å². The zero-order chi connectivity index (χ0) is 22.3. The normalized spacial score (nSPS) is 17.9. The van der Waals surface area contributed by atoms with Crippen LogP contribution in [0.1, 0.15) is 22.7 Å². The van der Waals surface area contributed by atoms with Crippen molar-refractivity contribution < 1.29 is 19.4 Å². The lowest BCUT2D eigenvalue weighted by Gasteiger charge is -2.23. The fraction of sp³-hybridized carbons (Fsp3) is 0.136. The SMILES string of the molecule is COc1ccc(C(O)=C2C(=O)C(=O)N(c3nccs3)C2c2ccc(Cl)c(Cl)c2)cc1C. The molecule has 1 aromatic heterocycles. The maximum Gasteiger partial charge on any atom is 0.301 e. The number of hydrogen-bond acceptors (Lipinski definition) is 6. The van der Waals surface area contributed by atoms with E-state index in [1.165, 1.54) is 22.4 Å². The van der Waals surface area contributed by atoms with Gasteiger partial charge in [-0.15, -0.1) is 11.3 Å². The maximum absolute atomic E-state index is 13.1. The average Bonchev–Trinajstić information content (AvgIpc) is 3.36. The minimum absolute atomic E-state index is 0.0526. The topological polar surface area (TPSA) is 79.7 Å². The van der Waals surface area contributed by atoms with Gasteiger partial charge in [-0.25, -0.2) is 4.98 Å². The molecule has 158 valence electrons. The van der Waals surface area contributed by atoms with Crippen LogP contribution in [0.4, 0.5) is 5.13 Å². The minimum Gasteiger partial charge on any atom is -0.507 e. The van der Waals surface area contributed by atoms with Gasteiger partial charge in [-0.3, -0.25) is 14.5 Å². The molecule has 2 heterocycles. The van der Waals surface area contributed by atoms with E-state index in [2.05, 4.69) is 4.98 Å². The average molecular weight is 475 g/mol. The summed E-state index contributed by atoms with van der Waals surface area (Å²) in [5.41, 5.74) is 1.63. The van der Waals surface area contributed by atoms with E-state index in [4.69, 9.17) is 27.9 Å². The van der Waals surface area contributed by atoms with Crippen LogP contribution in [0, 0.1) is 6.92 Å². The molecule has 1 unspecified atom stereocenters. The number of ether oxygens (including phenoxy) is 1. The first-order valence-electron chi connectivity index (χ1n) is 9.14. The molecule has 0 bridgehead atoms. The molecule has 31 heavy (non-hydrogen) atoms.